The maximum absolute atomic E-state index is 12.6. The number of benzene rings is 1. The summed E-state index contributed by atoms with van der Waals surface area (Å²) in [7, 11) is 1.81. The van der Waals surface area contributed by atoms with E-state index in [0.717, 1.165) is 0 Å². The van der Waals surface area contributed by atoms with Gasteiger partial charge >= 0.3 is 0 Å². The van der Waals surface area contributed by atoms with Crippen molar-refractivity contribution in [1.29, 1.82) is 0 Å². The number of carbonyl (C=O) groups is 2. The summed E-state index contributed by atoms with van der Waals surface area (Å²) >= 11 is 0. The molecule has 1 aromatic carbocycles. The molecule has 0 atom stereocenters. The molecular formula is C17H25N3O3. The Bertz CT molecular complexity index is 593. The molecule has 1 heterocycles. The second-order valence-corrected chi connectivity index (χ2v) is 6.64. The van der Waals surface area contributed by atoms with Gasteiger partial charge < -0.3 is 20.3 Å². The van der Waals surface area contributed by atoms with Crippen LogP contribution in [0.2, 0.25) is 0 Å². The second kappa shape index (κ2) is 7.00. The molecule has 0 aromatic heterocycles. The van der Waals surface area contributed by atoms with Crippen molar-refractivity contribution in [1.82, 2.24) is 5.32 Å². The number of hydrogen-bond acceptors (Lipinski definition) is 4. The van der Waals surface area contributed by atoms with Gasteiger partial charge in [0.2, 0.25) is 11.8 Å². The molecule has 1 aromatic rings. The van der Waals surface area contributed by atoms with Crippen molar-refractivity contribution in [2.45, 2.75) is 27.2 Å². The van der Waals surface area contributed by atoms with Crippen LogP contribution in [-0.2, 0) is 9.59 Å². The van der Waals surface area contributed by atoms with Gasteiger partial charge in [0.15, 0.2) is 0 Å². The molecule has 1 aliphatic rings. The molecule has 0 bridgehead atoms. The van der Waals surface area contributed by atoms with Gasteiger partial charge in [0.1, 0.15) is 12.4 Å². The Labute approximate surface area is 137 Å². The van der Waals surface area contributed by atoms with Crippen LogP contribution in [0.5, 0.6) is 5.75 Å². The lowest BCUT2D eigenvalue weighted by molar-refractivity contribution is -0.126. The van der Waals surface area contributed by atoms with E-state index >= 15 is 0 Å². The summed E-state index contributed by atoms with van der Waals surface area (Å²) in [5, 5.41) is 5.79. The van der Waals surface area contributed by atoms with Gasteiger partial charge in [-0.25, -0.2) is 0 Å². The number of rotatable bonds is 4. The maximum Gasteiger partial charge on any atom is 0.232 e. The van der Waals surface area contributed by atoms with Crippen molar-refractivity contribution in [3.8, 4) is 5.75 Å². The first-order valence-electron chi connectivity index (χ1n) is 7.86. The summed E-state index contributed by atoms with van der Waals surface area (Å²) in [5.74, 6) is 0.646. The van der Waals surface area contributed by atoms with Gasteiger partial charge in [-0.15, -0.1) is 0 Å². The van der Waals surface area contributed by atoms with Gasteiger partial charge in [0.05, 0.1) is 12.2 Å². The first-order valence-corrected chi connectivity index (χ1v) is 7.86. The van der Waals surface area contributed by atoms with E-state index in [1.165, 1.54) is 0 Å². The number of hydrogen-bond donors (Lipinski definition) is 2. The fourth-order valence-electron chi connectivity index (χ4n) is 2.37. The number of nitrogens with one attached hydrogen (secondary N) is 2. The van der Waals surface area contributed by atoms with Gasteiger partial charge in [0.25, 0.3) is 0 Å². The number of anilines is 2. The van der Waals surface area contributed by atoms with Crippen molar-refractivity contribution in [3.63, 3.8) is 0 Å². The molecule has 0 saturated heterocycles. The molecule has 0 aliphatic carbocycles. The van der Waals surface area contributed by atoms with E-state index in [4.69, 9.17) is 4.74 Å². The zero-order valence-corrected chi connectivity index (χ0v) is 14.2. The number of carbonyl (C=O) groups excluding carboxylic acids is 2. The SMILES string of the molecule is CNCCC(=O)Nc1ccc2c(c1)N(C(=O)C(C)(C)C)CCO2. The van der Waals surface area contributed by atoms with Gasteiger partial charge in [-0.2, -0.15) is 0 Å². The fourth-order valence-corrected chi connectivity index (χ4v) is 2.37. The number of amides is 2. The van der Waals surface area contributed by atoms with E-state index in [0.29, 0.717) is 43.2 Å². The van der Waals surface area contributed by atoms with Crippen molar-refractivity contribution in [2.75, 3.05) is 37.0 Å². The molecule has 2 N–H and O–H groups in total. The summed E-state index contributed by atoms with van der Waals surface area (Å²) in [6.45, 7) is 7.30. The van der Waals surface area contributed by atoms with E-state index in [2.05, 4.69) is 10.6 Å². The number of ether oxygens (including phenoxy) is 1. The third-order valence-corrected chi connectivity index (χ3v) is 3.59. The Morgan fingerprint density at radius 3 is 2.70 bits per heavy atom. The average Bonchev–Trinajstić information content (AvgIpc) is 2.50. The summed E-state index contributed by atoms with van der Waals surface area (Å²) in [6.07, 6.45) is 0.398. The molecule has 2 rings (SSSR count). The molecule has 0 saturated carbocycles. The third kappa shape index (κ3) is 4.22. The van der Waals surface area contributed by atoms with E-state index in [1.807, 2.05) is 20.8 Å². The molecule has 0 spiro atoms. The maximum atomic E-state index is 12.6. The number of fused-ring (bicyclic) bond motifs is 1. The monoisotopic (exact) mass is 319 g/mol. The van der Waals surface area contributed by atoms with Crippen LogP contribution in [0.25, 0.3) is 0 Å². The van der Waals surface area contributed by atoms with E-state index in [9.17, 15) is 9.59 Å². The quantitative estimate of drug-likeness (QED) is 0.890. The van der Waals surface area contributed by atoms with Gasteiger partial charge in [0, 0.05) is 24.1 Å². The van der Waals surface area contributed by atoms with Crippen LogP contribution >= 0.6 is 0 Å². The van der Waals surface area contributed by atoms with Crippen LogP contribution in [0.4, 0.5) is 11.4 Å². The van der Waals surface area contributed by atoms with Gasteiger partial charge in [-0.3, -0.25) is 9.59 Å². The Morgan fingerprint density at radius 2 is 2.04 bits per heavy atom. The number of nitrogens with zero attached hydrogens (tertiary/aromatic N) is 1. The highest BCUT2D eigenvalue weighted by Gasteiger charge is 2.31. The lowest BCUT2D eigenvalue weighted by Gasteiger charge is -2.34. The van der Waals surface area contributed by atoms with Crippen LogP contribution < -0.4 is 20.3 Å². The molecule has 126 valence electrons. The molecule has 6 heteroatoms. The van der Waals surface area contributed by atoms with Crippen LogP contribution in [-0.4, -0.2) is 38.6 Å². The van der Waals surface area contributed by atoms with Crippen molar-refractivity contribution in [2.24, 2.45) is 5.41 Å². The standard InChI is InChI=1S/C17H25N3O3/c1-17(2,3)16(22)20-9-10-23-14-6-5-12(11-13(14)20)19-15(21)7-8-18-4/h5-6,11,18H,7-10H2,1-4H3,(H,19,21). The van der Waals surface area contributed by atoms with Crippen LogP contribution in [0, 0.1) is 5.41 Å². The van der Waals surface area contributed by atoms with E-state index in [-0.39, 0.29) is 11.8 Å². The molecule has 23 heavy (non-hydrogen) atoms. The van der Waals surface area contributed by atoms with Crippen molar-refractivity contribution in [3.05, 3.63) is 18.2 Å². The van der Waals surface area contributed by atoms with Crippen LogP contribution in [0.1, 0.15) is 27.2 Å². The normalized spacial score (nSPS) is 14.0. The third-order valence-electron chi connectivity index (χ3n) is 3.59. The summed E-state index contributed by atoms with van der Waals surface area (Å²) in [6, 6.07) is 5.39. The van der Waals surface area contributed by atoms with Crippen LogP contribution in [0.15, 0.2) is 18.2 Å². The second-order valence-electron chi connectivity index (χ2n) is 6.64. The fraction of sp³-hybridized carbons (Fsp3) is 0.529. The largest absolute Gasteiger partial charge is 0.490 e. The minimum atomic E-state index is -0.472. The summed E-state index contributed by atoms with van der Waals surface area (Å²) < 4.78 is 5.62. The Balaban J connectivity index is 2.22. The van der Waals surface area contributed by atoms with Crippen LogP contribution in [0.3, 0.4) is 0 Å². The Hall–Kier alpha value is -2.08. The minimum absolute atomic E-state index is 0.0423. The first kappa shape index (κ1) is 17.3. The highest BCUT2D eigenvalue weighted by molar-refractivity contribution is 6.00. The molecule has 0 radical (unpaired) electrons. The first-order chi connectivity index (χ1) is 10.8. The zero-order chi connectivity index (χ0) is 17.0. The van der Waals surface area contributed by atoms with E-state index in [1.54, 1.807) is 30.1 Å². The smallest absolute Gasteiger partial charge is 0.232 e. The highest BCUT2D eigenvalue weighted by atomic mass is 16.5. The Morgan fingerprint density at radius 1 is 1.30 bits per heavy atom. The molecule has 0 fully saturated rings. The topological polar surface area (TPSA) is 70.7 Å². The molecule has 1 aliphatic heterocycles. The average molecular weight is 319 g/mol. The lowest BCUT2D eigenvalue weighted by Crippen LogP contribution is -2.44. The minimum Gasteiger partial charge on any atom is -0.490 e. The Kier molecular flexibility index (Phi) is 5.26. The highest BCUT2D eigenvalue weighted by Crippen LogP contribution is 2.36. The van der Waals surface area contributed by atoms with Crippen molar-refractivity contribution < 1.29 is 14.3 Å². The molecular weight excluding hydrogens is 294 g/mol. The predicted octanol–water partition coefficient (Wildman–Crippen LogP) is 2.01. The summed E-state index contributed by atoms with van der Waals surface area (Å²) in [5.41, 5.74) is 0.908. The predicted molar refractivity (Wildman–Crippen MR) is 90.9 cm³/mol. The van der Waals surface area contributed by atoms with Gasteiger partial charge in [-0.1, -0.05) is 20.8 Å². The van der Waals surface area contributed by atoms with Gasteiger partial charge in [-0.05, 0) is 25.2 Å². The molecule has 0 unspecified atom stereocenters. The summed E-state index contributed by atoms with van der Waals surface area (Å²) in [4.78, 5) is 26.2. The molecule has 2 amide bonds. The van der Waals surface area contributed by atoms with Crippen molar-refractivity contribution >= 4 is 23.2 Å². The zero-order valence-electron chi connectivity index (χ0n) is 14.2. The molecule has 6 nitrogen and oxygen atoms in total. The van der Waals surface area contributed by atoms with E-state index < -0.39 is 5.41 Å². The lowest BCUT2D eigenvalue weighted by atomic mass is 9.94.